The number of rotatable bonds is 4. The van der Waals surface area contributed by atoms with Gasteiger partial charge in [0.2, 0.25) is 5.91 Å². The molecule has 138 valence electrons. The first-order valence-electron chi connectivity index (χ1n) is 8.54. The number of imidazole rings is 1. The molecule has 0 fully saturated rings. The van der Waals surface area contributed by atoms with E-state index in [1.165, 1.54) is 11.0 Å². The van der Waals surface area contributed by atoms with Crippen LogP contribution in [0.15, 0.2) is 23.1 Å². The van der Waals surface area contributed by atoms with Gasteiger partial charge in [-0.05, 0) is 6.07 Å². The summed E-state index contributed by atoms with van der Waals surface area (Å²) >= 11 is 0. The zero-order valence-electron chi connectivity index (χ0n) is 14.9. The number of nitrogens with one attached hydrogen (secondary N) is 1. The highest BCUT2D eigenvalue weighted by atomic mass is 16.2. The Morgan fingerprint density at radius 1 is 1.23 bits per heavy atom. The third kappa shape index (κ3) is 3.98. The smallest absolute Gasteiger partial charge is 0.273 e. The Morgan fingerprint density at radius 3 is 2.73 bits per heavy atom. The molecule has 0 atom stereocenters. The molecular formula is C17H22N6O3. The van der Waals surface area contributed by atoms with Gasteiger partial charge in [-0.2, -0.15) is 5.10 Å². The first kappa shape index (κ1) is 17.8. The number of fused-ring (bicyclic) bond motifs is 1. The fraction of sp³-hybridized carbons (Fsp3) is 0.471. The van der Waals surface area contributed by atoms with Crippen LogP contribution in [0, 0.1) is 0 Å². The summed E-state index contributed by atoms with van der Waals surface area (Å²) in [5.41, 5.74) is 0.871. The zero-order chi connectivity index (χ0) is 18.7. The van der Waals surface area contributed by atoms with Crippen LogP contribution in [-0.4, -0.2) is 68.5 Å². The van der Waals surface area contributed by atoms with Crippen molar-refractivity contribution in [1.82, 2.24) is 29.5 Å². The molecule has 0 radical (unpaired) electrons. The van der Waals surface area contributed by atoms with Crippen molar-refractivity contribution in [3.05, 3.63) is 45.9 Å². The van der Waals surface area contributed by atoms with E-state index < -0.39 is 0 Å². The Kier molecular flexibility index (Phi) is 5.15. The van der Waals surface area contributed by atoms with Crippen LogP contribution in [-0.2, 0) is 24.2 Å². The van der Waals surface area contributed by atoms with E-state index in [9.17, 15) is 14.4 Å². The third-order valence-electron chi connectivity index (χ3n) is 4.39. The molecule has 3 rings (SSSR count). The fourth-order valence-electron chi connectivity index (χ4n) is 2.91. The van der Waals surface area contributed by atoms with Crippen LogP contribution in [0.2, 0.25) is 0 Å². The largest absolute Gasteiger partial charge is 0.343 e. The first-order valence-corrected chi connectivity index (χ1v) is 8.54. The van der Waals surface area contributed by atoms with Crippen molar-refractivity contribution in [2.24, 2.45) is 0 Å². The Hall–Kier alpha value is -2.97. The van der Waals surface area contributed by atoms with Gasteiger partial charge in [-0.3, -0.25) is 14.4 Å². The number of amides is 2. The van der Waals surface area contributed by atoms with E-state index in [0.717, 1.165) is 5.82 Å². The van der Waals surface area contributed by atoms with Gasteiger partial charge in [-0.1, -0.05) is 0 Å². The number of hydrogen-bond acceptors (Lipinski definition) is 5. The number of aryl methyl sites for hydroxylation is 1. The molecule has 1 aliphatic rings. The van der Waals surface area contributed by atoms with E-state index in [-0.39, 0.29) is 17.4 Å². The summed E-state index contributed by atoms with van der Waals surface area (Å²) in [4.78, 5) is 43.2. The lowest BCUT2D eigenvalue weighted by Crippen LogP contribution is -2.34. The second-order valence-electron chi connectivity index (χ2n) is 6.48. The van der Waals surface area contributed by atoms with Crippen LogP contribution in [0.4, 0.5) is 0 Å². The number of aromatic amines is 1. The highest BCUT2D eigenvalue weighted by molar-refractivity contribution is 5.91. The molecule has 1 aliphatic heterocycles. The standard InChI is InChI=1S/C17H22N6O3/c1-21(2)17(26)13-11-23-10-9-22(8-7-14(23)18-13)16(25)6-4-12-3-5-15(24)20-19-12/h3,5,11H,4,6-10H2,1-2H3,(H,20,24). The van der Waals surface area contributed by atoms with Crippen LogP contribution in [0.3, 0.4) is 0 Å². The fourth-order valence-corrected chi connectivity index (χ4v) is 2.91. The molecule has 2 aromatic rings. The van der Waals surface area contributed by atoms with E-state index >= 15 is 0 Å². The molecule has 9 heteroatoms. The van der Waals surface area contributed by atoms with Gasteiger partial charge < -0.3 is 14.4 Å². The van der Waals surface area contributed by atoms with Crippen molar-refractivity contribution in [3.63, 3.8) is 0 Å². The number of hydrogen-bond donors (Lipinski definition) is 1. The van der Waals surface area contributed by atoms with Gasteiger partial charge in [-0.25, -0.2) is 10.1 Å². The van der Waals surface area contributed by atoms with Crippen LogP contribution in [0.25, 0.3) is 0 Å². The Bertz CT molecular complexity index is 824. The van der Waals surface area contributed by atoms with Crippen LogP contribution >= 0.6 is 0 Å². The molecule has 0 saturated carbocycles. The lowest BCUT2D eigenvalue weighted by atomic mass is 10.2. The van der Waals surface area contributed by atoms with E-state index in [1.807, 2.05) is 9.47 Å². The highest BCUT2D eigenvalue weighted by Crippen LogP contribution is 2.12. The Morgan fingerprint density at radius 2 is 2.04 bits per heavy atom. The molecule has 1 N–H and O–H groups in total. The van der Waals surface area contributed by atoms with Crippen molar-refractivity contribution >= 4 is 11.8 Å². The van der Waals surface area contributed by atoms with Crippen molar-refractivity contribution in [2.75, 3.05) is 27.2 Å². The summed E-state index contributed by atoms with van der Waals surface area (Å²) < 4.78 is 1.95. The molecule has 26 heavy (non-hydrogen) atoms. The summed E-state index contributed by atoms with van der Waals surface area (Å²) in [5.74, 6) is 0.757. The molecule has 0 saturated heterocycles. The molecule has 0 bridgehead atoms. The molecule has 9 nitrogen and oxygen atoms in total. The van der Waals surface area contributed by atoms with Crippen molar-refractivity contribution in [1.29, 1.82) is 0 Å². The highest BCUT2D eigenvalue weighted by Gasteiger charge is 2.22. The minimum atomic E-state index is -0.255. The lowest BCUT2D eigenvalue weighted by molar-refractivity contribution is -0.131. The second-order valence-corrected chi connectivity index (χ2v) is 6.48. The average molecular weight is 358 g/mol. The van der Waals surface area contributed by atoms with Gasteiger partial charge in [0.05, 0.1) is 5.69 Å². The average Bonchev–Trinajstić information content (AvgIpc) is 2.93. The van der Waals surface area contributed by atoms with Gasteiger partial charge in [0, 0.05) is 65.3 Å². The van der Waals surface area contributed by atoms with Gasteiger partial charge in [0.25, 0.3) is 11.5 Å². The van der Waals surface area contributed by atoms with Gasteiger partial charge in [0.15, 0.2) is 0 Å². The van der Waals surface area contributed by atoms with Crippen LogP contribution < -0.4 is 5.56 Å². The number of nitrogens with zero attached hydrogens (tertiary/aromatic N) is 5. The summed E-state index contributed by atoms with van der Waals surface area (Å²) in [6, 6.07) is 3.04. The monoisotopic (exact) mass is 358 g/mol. The predicted octanol–water partition coefficient (Wildman–Crippen LogP) is -0.314. The maximum Gasteiger partial charge on any atom is 0.273 e. The maximum atomic E-state index is 12.5. The molecule has 3 heterocycles. The van der Waals surface area contributed by atoms with Crippen LogP contribution in [0.5, 0.6) is 0 Å². The number of carbonyl (C=O) groups is 2. The minimum Gasteiger partial charge on any atom is -0.343 e. The van der Waals surface area contributed by atoms with Gasteiger partial charge in [-0.15, -0.1) is 0 Å². The quantitative estimate of drug-likeness (QED) is 0.807. The van der Waals surface area contributed by atoms with Crippen molar-refractivity contribution in [3.8, 4) is 0 Å². The minimum absolute atomic E-state index is 0.0494. The zero-order valence-corrected chi connectivity index (χ0v) is 14.9. The SMILES string of the molecule is CN(C)C(=O)c1cn2c(n1)CCN(C(=O)CCc1ccc(=O)[nH]n1)CC2. The summed E-state index contributed by atoms with van der Waals surface area (Å²) in [6.07, 6.45) is 3.20. The third-order valence-corrected chi connectivity index (χ3v) is 4.39. The molecule has 0 aliphatic carbocycles. The second kappa shape index (κ2) is 7.51. The van der Waals surface area contributed by atoms with E-state index in [2.05, 4.69) is 15.2 Å². The maximum absolute atomic E-state index is 12.5. The van der Waals surface area contributed by atoms with Gasteiger partial charge in [0.1, 0.15) is 11.5 Å². The number of H-pyrrole nitrogens is 1. The van der Waals surface area contributed by atoms with E-state index in [4.69, 9.17) is 0 Å². The summed E-state index contributed by atoms with van der Waals surface area (Å²) in [6.45, 7) is 1.77. The Balaban J connectivity index is 1.57. The van der Waals surface area contributed by atoms with Gasteiger partial charge >= 0.3 is 0 Å². The molecule has 0 aromatic carbocycles. The Labute approximate surface area is 150 Å². The van der Waals surface area contributed by atoms with Crippen molar-refractivity contribution < 1.29 is 9.59 Å². The molecular weight excluding hydrogens is 336 g/mol. The van der Waals surface area contributed by atoms with E-state index in [0.29, 0.717) is 50.3 Å². The molecule has 0 spiro atoms. The predicted molar refractivity (Wildman–Crippen MR) is 93.7 cm³/mol. The molecule has 2 aromatic heterocycles. The lowest BCUT2D eigenvalue weighted by Gasteiger charge is -2.20. The topological polar surface area (TPSA) is 104 Å². The first-order chi connectivity index (χ1) is 12.4. The molecule has 0 unspecified atom stereocenters. The summed E-state index contributed by atoms with van der Waals surface area (Å²) in [5, 5.41) is 6.29. The number of aromatic nitrogens is 4. The van der Waals surface area contributed by atoms with Crippen LogP contribution in [0.1, 0.15) is 28.4 Å². The number of carbonyl (C=O) groups excluding carboxylic acids is 2. The van der Waals surface area contributed by atoms with E-state index in [1.54, 1.807) is 26.4 Å². The normalized spacial score (nSPS) is 13.8. The molecule has 2 amide bonds. The summed E-state index contributed by atoms with van der Waals surface area (Å²) in [7, 11) is 3.40. The van der Waals surface area contributed by atoms with Crippen molar-refractivity contribution in [2.45, 2.75) is 25.8 Å².